The third-order valence-electron chi connectivity index (χ3n) is 5.70. The smallest absolute Gasteiger partial charge is 0.410 e. The second-order valence-corrected chi connectivity index (χ2v) is 8.78. The predicted molar refractivity (Wildman–Crippen MR) is 136 cm³/mol. The zero-order valence-corrected chi connectivity index (χ0v) is 23.0. The zero-order chi connectivity index (χ0) is 26.1. The summed E-state index contributed by atoms with van der Waals surface area (Å²) in [5.41, 5.74) is 3.35. The number of morpholine rings is 1. The first kappa shape index (κ1) is 29.9. The maximum Gasteiger partial charge on any atom is 0.410 e. The Morgan fingerprint density at radius 3 is 2.29 bits per heavy atom. The lowest BCUT2D eigenvalue weighted by molar-refractivity contribution is -0.0908. The largest absolute Gasteiger partial charge is 0.457 e. The summed E-state index contributed by atoms with van der Waals surface area (Å²) in [5, 5.41) is 0. The fourth-order valence-electron chi connectivity index (χ4n) is 4.18. The van der Waals surface area contributed by atoms with E-state index in [0.717, 1.165) is 29.8 Å². The molecule has 0 saturated carbocycles. The number of piperazine rings is 1. The molecule has 3 heterocycles. The maximum atomic E-state index is 12.4. The van der Waals surface area contributed by atoms with Crippen LogP contribution in [0.4, 0.5) is 4.79 Å². The Morgan fingerprint density at radius 2 is 1.68 bits per heavy atom. The van der Waals surface area contributed by atoms with Crippen LogP contribution in [0.5, 0.6) is 0 Å². The van der Waals surface area contributed by atoms with E-state index in [0.29, 0.717) is 31.9 Å². The van der Waals surface area contributed by atoms with Crippen LogP contribution in [0.1, 0.15) is 95.5 Å². The Hall–Kier alpha value is -2.12. The SMILES string of the molecule is CC.CC.CC.Cc1c([C@@H]2CN3CCN(C(=O)OC(C)(C)C)C[C@@H]3CO2)ccc2c1COC2=O. The van der Waals surface area contributed by atoms with Crippen molar-refractivity contribution in [2.24, 2.45) is 0 Å². The number of nitrogens with zero attached hydrogens (tertiary/aromatic N) is 2. The number of fused-ring (bicyclic) bond motifs is 2. The summed E-state index contributed by atoms with van der Waals surface area (Å²) in [4.78, 5) is 28.3. The molecule has 7 nitrogen and oxygen atoms in total. The molecule has 194 valence electrons. The van der Waals surface area contributed by atoms with E-state index in [1.165, 1.54) is 0 Å². The molecule has 0 aromatic heterocycles. The van der Waals surface area contributed by atoms with Crippen LogP contribution in [0.3, 0.4) is 0 Å². The number of carbonyl (C=O) groups excluding carboxylic acids is 2. The molecule has 3 aliphatic heterocycles. The van der Waals surface area contributed by atoms with Gasteiger partial charge < -0.3 is 19.1 Å². The van der Waals surface area contributed by atoms with E-state index < -0.39 is 5.60 Å². The van der Waals surface area contributed by atoms with Crippen molar-refractivity contribution in [1.29, 1.82) is 0 Å². The minimum absolute atomic E-state index is 0.0367. The molecule has 2 saturated heterocycles. The summed E-state index contributed by atoms with van der Waals surface area (Å²) in [6.07, 6.45) is -0.293. The second-order valence-electron chi connectivity index (χ2n) is 8.78. The fraction of sp³-hybridized carbons (Fsp3) is 0.704. The number of amides is 1. The molecular formula is C27H46N2O5. The van der Waals surface area contributed by atoms with Crippen LogP contribution in [0.15, 0.2) is 12.1 Å². The Kier molecular flexibility index (Phi) is 12.0. The highest BCUT2D eigenvalue weighted by molar-refractivity contribution is 5.93. The first-order valence-electron chi connectivity index (χ1n) is 12.9. The molecule has 4 rings (SSSR count). The summed E-state index contributed by atoms with van der Waals surface area (Å²) in [6.45, 7) is 23.4. The van der Waals surface area contributed by atoms with Crippen molar-refractivity contribution in [3.63, 3.8) is 0 Å². The molecule has 3 aliphatic rings. The summed E-state index contributed by atoms with van der Waals surface area (Å²) in [7, 11) is 0. The van der Waals surface area contributed by atoms with Crippen LogP contribution < -0.4 is 0 Å². The highest BCUT2D eigenvalue weighted by Crippen LogP contribution is 2.33. The lowest BCUT2D eigenvalue weighted by Crippen LogP contribution is -2.60. The van der Waals surface area contributed by atoms with Crippen LogP contribution in [0.2, 0.25) is 0 Å². The lowest BCUT2D eigenvalue weighted by atomic mass is 9.94. The van der Waals surface area contributed by atoms with Gasteiger partial charge in [0, 0.05) is 31.7 Å². The van der Waals surface area contributed by atoms with Crippen molar-refractivity contribution < 1.29 is 23.8 Å². The fourth-order valence-corrected chi connectivity index (χ4v) is 4.18. The molecule has 0 radical (unpaired) electrons. The van der Waals surface area contributed by atoms with Gasteiger partial charge in [-0.25, -0.2) is 9.59 Å². The Bertz CT molecular complexity index is 803. The van der Waals surface area contributed by atoms with Crippen molar-refractivity contribution in [2.75, 3.05) is 32.8 Å². The minimum Gasteiger partial charge on any atom is -0.457 e. The molecule has 2 atom stereocenters. The number of carbonyl (C=O) groups is 2. The van der Waals surface area contributed by atoms with E-state index in [2.05, 4.69) is 4.90 Å². The Balaban J connectivity index is 0.000000894. The van der Waals surface area contributed by atoms with Crippen LogP contribution in [-0.2, 0) is 20.8 Å². The van der Waals surface area contributed by atoms with Gasteiger partial charge in [0.1, 0.15) is 12.2 Å². The Labute approximate surface area is 206 Å². The van der Waals surface area contributed by atoms with Gasteiger partial charge in [-0.1, -0.05) is 47.6 Å². The maximum absolute atomic E-state index is 12.4. The molecule has 0 bridgehead atoms. The van der Waals surface area contributed by atoms with Gasteiger partial charge in [-0.3, -0.25) is 4.90 Å². The first-order valence-corrected chi connectivity index (χ1v) is 12.9. The van der Waals surface area contributed by atoms with E-state index in [-0.39, 0.29) is 24.2 Å². The van der Waals surface area contributed by atoms with E-state index in [9.17, 15) is 9.59 Å². The van der Waals surface area contributed by atoms with Gasteiger partial charge in [0.2, 0.25) is 0 Å². The van der Waals surface area contributed by atoms with Crippen molar-refractivity contribution in [2.45, 2.75) is 93.6 Å². The van der Waals surface area contributed by atoms with Crippen molar-refractivity contribution in [3.05, 3.63) is 34.4 Å². The third kappa shape index (κ3) is 7.19. The number of hydrogen-bond donors (Lipinski definition) is 0. The molecule has 7 heteroatoms. The summed E-state index contributed by atoms with van der Waals surface area (Å²) in [5.74, 6) is -0.243. The van der Waals surface area contributed by atoms with Gasteiger partial charge in [0.05, 0.1) is 24.3 Å². The van der Waals surface area contributed by atoms with Crippen molar-refractivity contribution in [3.8, 4) is 0 Å². The highest BCUT2D eigenvalue weighted by Gasteiger charge is 2.37. The normalized spacial score (nSPS) is 21.2. The predicted octanol–water partition coefficient (Wildman–Crippen LogP) is 5.74. The van der Waals surface area contributed by atoms with E-state index in [1.807, 2.05) is 81.4 Å². The standard InChI is InChI=1S/C21H28N2O5.3C2H6/c1-13-15(5-6-16-17(13)12-27-19(16)24)18-10-22-7-8-23(9-14(22)11-26-18)20(25)28-21(2,3)4;3*1-2/h5-6,14,18H,7-12H2,1-4H3;3*1-2H3/t14-,18+;;;/m1.../s1. The van der Waals surface area contributed by atoms with Gasteiger partial charge in [-0.05, 0) is 44.9 Å². The van der Waals surface area contributed by atoms with Gasteiger partial charge in [0.15, 0.2) is 0 Å². The van der Waals surface area contributed by atoms with Gasteiger partial charge >= 0.3 is 12.1 Å². The van der Waals surface area contributed by atoms with Crippen LogP contribution in [0, 0.1) is 6.92 Å². The molecule has 1 amide bonds. The number of rotatable bonds is 1. The van der Waals surface area contributed by atoms with Crippen LogP contribution in [0.25, 0.3) is 0 Å². The Morgan fingerprint density at radius 1 is 1.03 bits per heavy atom. The number of cyclic esters (lactones) is 1. The topological polar surface area (TPSA) is 68.3 Å². The van der Waals surface area contributed by atoms with E-state index >= 15 is 0 Å². The number of benzene rings is 1. The van der Waals surface area contributed by atoms with Crippen LogP contribution >= 0.6 is 0 Å². The number of ether oxygens (including phenoxy) is 3. The second kappa shape index (κ2) is 13.7. The molecule has 34 heavy (non-hydrogen) atoms. The van der Waals surface area contributed by atoms with Crippen LogP contribution in [-0.4, -0.2) is 66.3 Å². The molecule has 0 aliphatic carbocycles. The quantitative estimate of drug-likeness (QED) is 0.480. The molecule has 0 unspecified atom stereocenters. The molecule has 0 spiro atoms. The molecule has 1 aromatic rings. The summed E-state index contributed by atoms with van der Waals surface area (Å²) >= 11 is 0. The third-order valence-corrected chi connectivity index (χ3v) is 5.70. The summed E-state index contributed by atoms with van der Waals surface area (Å²) < 4.78 is 16.8. The summed E-state index contributed by atoms with van der Waals surface area (Å²) in [6, 6.07) is 4.02. The van der Waals surface area contributed by atoms with Gasteiger partial charge in [0.25, 0.3) is 0 Å². The zero-order valence-electron chi connectivity index (χ0n) is 23.0. The molecule has 2 fully saturated rings. The highest BCUT2D eigenvalue weighted by atomic mass is 16.6. The molecule has 1 aromatic carbocycles. The first-order chi connectivity index (χ1) is 16.2. The van der Waals surface area contributed by atoms with Gasteiger partial charge in [-0.15, -0.1) is 0 Å². The number of hydrogen-bond acceptors (Lipinski definition) is 6. The van der Waals surface area contributed by atoms with E-state index in [4.69, 9.17) is 14.2 Å². The lowest BCUT2D eigenvalue weighted by Gasteiger charge is -2.46. The monoisotopic (exact) mass is 478 g/mol. The van der Waals surface area contributed by atoms with Crippen molar-refractivity contribution in [1.82, 2.24) is 9.80 Å². The van der Waals surface area contributed by atoms with E-state index in [1.54, 1.807) is 4.90 Å². The average molecular weight is 479 g/mol. The molecule has 0 N–H and O–H groups in total. The van der Waals surface area contributed by atoms with Gasteiger partial charge in [-0.2, -0.15) is 0 Å². The van der Waals surface area contributed by atoms with Crippen molar-refractivity contribution >= 4 is 12.1 Å². The number of esters is 1. The molecular weight excluding hydrogens is 432 g/mol. The minimum atomic E-state index is -0.488. The average Bonchev–Trinajstić information content (AvgIpc) is 3.23.